The zero-order valence-corrected chi connectivity index (χ0v) is 10.9. The van der Waals surface area contributed by atoms with Gasteiger partial charge in [0.1, 0.15) is 6.10 Å². The first-order valence-corrected chi connectivity index (χ1v) is 6.55. The number of nitrogens with one attached hydrogen (secondary N) is 1. The molecule has 1 aliphatic rings. The van der Waals surface area contributed by atoms with Gasteiger partial charge in [0.15, 0.2) is 0 Å². The van der Waals surface area contributed by atoms with Gasteiger partial charge in [-0.1, -0.05) is 35.5 Å². The summed E-state index contributed by atoms with van der Waals surface area (Å²) >= 11 is 0. The Labute approximate surface area is 112 Å². The molecular formula is C14H17N3O2. The summed E-state index contributed by atoms with van der Waals surface area (Å²) in [5.41, 5.74) is 1.17. The number of hydrogen-bond donors (Lipinski definition) is 1. The van der Waals surface area contributed by atoms with Crippen molar-refractivity contribution in [3.8, 4) is 0 Å². The van der Waals surface area contributed by atoms with E-state index in [-0.39, 0.29) is 12.0 Å². The van der Waals surface area contributed by atoms with Gasteiger partial charge in [0.05, 0.1) is 12.5 Å². The van der Waals surface area contributed by atoms with Gasteiger partial charge in [0.2, 0.25) is 11.7 Å². The predicted molar refractivity (Wildman–Crippen MR) is 69.8 cm³/mol. The predicted octanol–water partition coefficient (Wildman–Crippen LogP) is 1.88. The highest BCUT2D eigenvalue weighted by atomic mass is 16.5. The first-order valence-electron chi connectivity index (χ1n) is 6.55. The molecule has 0 saturated carbocycles. The first-order chi connectivity index (χ1) is 9.34. The third-order valence-electron chi connectivity index (χ3n) is 3.34. The van der Waals surface area contributed by atoms with Gasteiger partial charge in [-0.05, 0) is 12.5 Å². The molecule has 0 bridgehead atoms. The smallest absolute Gasteiger partial charge is 0.234 e. The van der Waals surface area contributed by atoms with Crippen molar-refractivity contribution in [3.63, 3.8) is 0 Å². The monoisotopic (exact) mass is 259 g/mol. The summed E-state index contributed by atoms with van der Waals surface area (Å²) in [6.45, 7) is 4.36. The van der Waals surface area contributed by atoms with Gasteiger partial charge in [-0.2, -0.15) is 4.98 Å². The van der Waals surface area contributed by atoms with Crippen LogP contribution in [-0.4, -0.2) is 29.8 Å². The Balaban J connectivity index is 1.77. The molecule has 1 aliphatic heterocycles. The van der Waals surface area contributed by atoms with Crippen LogP contribution in [0.25, 0.3) is 0 Å². The third-order valence-corrected chi connectivity index (χ3v) is 3.34. The van der Waals surface area contributed by atoms with Gasteiger partial charge >= 0.3 is 0 Å². The van der Waals surface area contributed by atoms with Crippen molar-refractivity contribution >= 4 is 0 Å². The van der Waals surface area contributed by atoms with Gasteiger partial charge in [-0.3, -0.25) is 0 Å². The molecule has 0 aliphatic carbocycles. The molecule has 5 heteroatoms. The zero-order chi connectivity index (χ0) is 13.1. The number of ether oxygens (including phenoxy) is 1. The highest BCUT2D eigenvalue weighted by molar-refractivity contribution is 5.23. The molecular weight excluding hydrogens is 242 g/mol. The molecule has 2 atom stereocenters. The van der Waals surface area contributed by atoms with Crippen LogP contribution in [0.1, 0.15) is 36.2 Å². The summed E-state index contributed by atoms with van der Waals surface area (Å²) in [7, 11) is 0. The largest absolute Gasteiger partial charge is 0.367 e. The molecule has 1 fully saturated rings. The van der Waals surface area contributed by atoms with Gasteiger partial charge in [0.25, 0.3) is 0 Å². The maximum Gasteiger partial charge on any atom is 0.234 e. The van der Waals surface area contributed by atoms with Gasteiger partial charge in [-0.15, -0.1) is 0 Å². The average Bonchev–Trinajstić information content (AvgIpc) is 2.98. The summed E-state index contributed by atoms with van der Waals surface area (Å²) in [4.78, 5) is 4.47. The second kappa shape index (κ2) is 5.50. The molecule has 0 radical (unpaired) electrons. The van der Waals surface area contributed by atoms with Crippen LogP contribution >= 0.6 is 0 Å². The van der Waals surface area contributed by atoms with Crippen LogP contribution in [0.2, 0.25) is 0 Å². The number of nitrogens with zero attached hydrogens (tertiary/aromatic N) is 2. The molecule has 3 rings (SSSR count). The fraction of sp³-hybridized carbons (Fsp3) is 0.429. The van der Waals surface area contributed by atoms with Crippen LogP contribution < -0.4 is 5.32 Å². The van der Waals surface area contributed by atoms with E-state index < -0.39 is 0 Å². The van der Waals surface area contributed by atoms with Crippen molar-refractivity contribution in [2.24, 2.45) is 0 Å². The number of morpholine rings is 1. The molecule has 2 aromatic rings. The van der Waals surface area contributed by atoms with Gasteiger partial charge in [0, 0.05) is 13.1 Å². The van der Waals surface area contributed by atoms with Crippen LogP contribution in [0.4, 0.5) is 0 Å². The lowest BCUT2D eigenvalue weighted by Gasteiger charge is -2.20. The molecule has 5 nitrogen and oxygen atoms in total. The topological polar surface area (TPSA) is 60.2 Å². The molecule has 19 heavy (non-hydrogen) atoms. The SMILES string of the molecule is CC(c1ccccc1)c1nc(C2CNCCO2)no1. The number of hydrogen-bond acceptors (Lipinski definition) is 5. The second-order valence-corrected chi connectivity index (χ2v) is 4.69. The van der Waals surface area contributed by atoms with E-state index >= 15 is 0 Å². The van der Waals surface area contributed by atoms with E-state index in [0.29, 0.717) is 18.3 Å². The number of rotatable bonds is 3. The number of benzene rings is 1. The van der Waals surface area contributed by atoms with Crippen LogP contribution in [0.3, 0.4) is 0 Å². The minimum atomic E-state index is -0.103. The Morgan fingerprint density at radius 1 is 1.32 bits per heavy atom. The zero-order valence-electron chi connectivity index (χ0n) is 10.9. The summed E-state index contributed by atoms with van der Waals surface area (Å²) in [6, 6.07) is 10.1. The summed E-state index contributed by atoms with van der Waals surface area (Å²) in [6.07, 6.45) is -0.103. The van der Waals surface area contributed by atoms with Crippen molar-refractivity contribution in [1.82, 2.24) is 15.5 Å². The van der Waals surface area contributed by atoms with Gasteiger partial charge < -0.3 is 14.6 Å². The maximum absolute atomic E-state index is 5.62. The molecule has 2 unspecified atom stereocenters. The van der Waals surface area contributed by atoms with Crippen molar-refractivity contribution in [3.05, 3.63) is 47.6 Å². The van der Waals surface area contributed by atoms with Crippen LogP contribution in [0.5, 0.6) is 0 Å². The minimum absolute atomic E-state index is 0.0963. The number of aromatic nitrogens is 2. The minimum Gasteiger partial charge on any atom is -0.367 e. The maximum atomic E-state index is 5.62. The van der Waals surface area contributed by atoms with E-state index in [1.54, 1.807) is 0 Å². The Kier molecular flexibility index (Phi) is 3.57. The molecule has 2 heterocycles. The Morgan fingerprint density at radius 3 is 2.89 bits per heavy atom. The van der Waals surface area contributed by atoms with Crippen molar-refractivity contribution in [2.75, 3.05) is 19.7 Å². The second-order valence-electron chi connectivity index (χ2n) is 4.69. The summed E-state index contributed by atoms with van der Waals surface area (Å²) in [5, 5.41) is 7.29. The Hall–Kier alpha value is -1.72. The van der Waals surface area contributed by atoms with Crippen molar-refractivity contribution in [2.45, 2.75) is 18.9 Å². The summed E-state index contributed by atoms with van der Waals surface area (Å²) < 4.78 is 11.0. The molecule has 1 saturated heterocycles. The van der Waals surface area contributed by atoms with E-state index in [1.165, 1.54) is 5.56 Å². The lowest BCUT2D eigenvalue weighted by molar-refractivity contribution is 0.0208. The van der Waals surface area contributed by atoms with Crippen molar-refractivity contribution in [1.29, 1.82) is 0 Å². The van der Waals surface area contributed by atoms with E-state index in [4.69, 9.17) is 9.26 Å². The third kappa shape index (κ3) is 2.67. The lowest BCUT2D eigenvalue weighted by Crippen LogP contribution is -2.33. The van der Waals surface area contributed by atoms with Crippen molar-refractivity contribution < 1.29 is 9.26 Å². The fourth-order valence-electron chi connectivity index (χ4n) is 2.17. The normalized spacial score (nSPS) is 21.2. The van der Waals surface area contributed by atoms with Crippen LogP contribution in [0, 0.1) is 0 Å². The average molecular weight is 259 g/mol. The van der Waals surface area contributed by atoms with E-state index in [0.717, 1.165) is 13.1 Å². The van der Waals surface area contributed by atoms with E-state index in [9.17, 15) is 0 Å². The molecule has 100 valence electrons. The highest BCUT2D eigenvalue weighted by Crippen LogP contribution is 2.24. The van der Waals surface area contributed by atoms with E-state index in [2.05, 4.69) is 34.5 Å². The van der Waals surface area contributed by atoms with Crippen LogP contribution in [0.15, 0.2) is 34.9 Å². The lowest BCUT2D eigenvalue weighted by atomic mass is 10.0. The fourth-order valence-corrected chi connectivity index (χ4v) is 2.17. The highest BCUT2D eigenvalue weighted by Gasteiger charge is 2.23. The molecule has 0 amide bonds. The first kappa shape index (κ1) is 12.3. The van der Waals surface area contributed by atoms with E-state index in [1.807, 2.05) is 18.2 Å². The van der Waals surface area contributed by atoms with Gasteiger partial charge in [-0.25, -0.2) is 0 Å². The quantitative estimate of drug-likeness (QED) is 0.912. The molecule has 1 aromatic carbocycles. The molecule has 1 aromatic heterocycles. The summed E-state index contributed by atoms with van der Waals surface area (Å²) in [5.74, 6) is 1.36. The molecule has 1 N–H and O–H groups in total. The Morgan fingerprint density at radius 2 is 2.16 bits per heavy atom. The molecule has 0 spiro atoms. The Bertz CT molecular complexity index is 520. The standard InChI is InChI=1S/C14H17N3O2/c1-10(11-5-3-2-4-6-11)14-16-13(17-19-14)12-9-15-7-8-18-12/h2-6,10,12,15H,7-9H2,1H3. The van der Waals surface area contributed by atoms with Crippen LogP contribution in [-0.2, 0) is 4.74 Å².